The van der Waals surface area contributed by atoms with Crippen molar-refractivity contribution in [2.24, 2.45) is 0 Å². The summed E-state index contributed by atoms with van der Waals surface area (Å²) in [4.78, 5) is 11.7. The van der Waals surface area contributed by atoms with Gasteiger partial charge in [-0.05, 0) is 36.8 Å². The van der Waals surface area contributed by atoms with Crippen LogP contribution in [0.25, 0.3) is 0 Å². The summed E-state index contributed by atoms with van der Waals surface area (Å²) in [5.41, 5.74) is 0.750. The predicted octanol–water partition coefficient (Wildman–Crippen LogP) is 4.39. The van der Waals surface area contributed by atoms with E-state index >= 15 is 0 Å². The molecule has 2 rings (SSSR count). The van der Waals surface area contributed by atoms with Crippen LogP contribution < -0.4 is 10.1 Å². The maximum Gasteiger partial charge on any atom is 0.224 e. The molecule has 21 heavy (non-hydrogen) atoms. The number of rotatable bonds is 6. The molecule has 3 nitrogen and oxygen atoms in total. The number of halogens is 2. The van der Waals surface area contributed by atoms with E-state index in [1.165, 1.54) is 12.1 Å². The molecule has 0 aliphatic heterocycles. The summed E-state index contributed by atoms with van der Waals surface area (Å²) in [5.74, 6) is 0.0678. The zero-order valence-corrected chi connectivity index (χ0v) is 12.9. The molecule has 1 amide bonds. The van der Waals surface area contributed by atoms with Crippen molar-refractivity contribution in [1.29, 1.82) is 0 Å². The number of hydrogen-bond donors (Lipinski definition) is 1. The van der Waals surface area contributed by atoms with Crippen LogP contribution in [0.15, 0.2) is 53.0 Å². The van der Waals surface area contributed by atoms with Crippen molar-refractivity contribution in [1.82, 2.24) is 0 Å². The van der Waals surface area contributed by atoms with Crippen LogP contribution in [0.3, 0.4) is 0 Å². The van der Waals surface area contributed by atoms with Crippen molar-refractivity contribution in [2.75, 3.05) is 11.9 Å². The Morgan fingerprint density at radius 3 is 2.76 bits per heavy atom. The largest absolute Gasteiger partial charge is 0.493 e. The summed E-state index contributed by atoms with van der Waals surface area (Å²) in [6.45, 7) is 0.370. The number of hydrogen-bond acceptors (Lipinski definition) is 2. The predicted molar refractivity (Wildman–Crippen MR) is 83.9 cm³/mol. The molecule has 110 valence electrons. The van der Waals surface area contributed by atoms with Crippen LogP contribution in [0.1, 0.15) is 12.8 Å². The molecule has 0 saturated carbocycles. The van der Waals surface area contributed by atoms with Gasteiger partial charge in [-0.1, -0.05) is 28.1 Å². The van der Waals surface area contributed by atoms with Crippen LogP contribution in [0.5, 0.6) is 5.75 Å². The number of amides is 1. The molecule has 0 atom stereocenters. The lowest BCUT2D eigenvalue weighted by Crippen LogP contribution is -2.12. The van der Waals surface area contributed by atoms with E-state index in [0.29, 0.717) is 25.2 Å². The second-order valence-electron chi connectivity index (χ2n) is 4.47. The van der Waals surface area contributed by atoms with Gasteiger partial charge in [-0.2, -0.15) is 0 Å². The fourth-order valence-corrected chi connectivity index (χ4v) is 2.17. The van der Waals surface area contributed by atoms with Gasteiger partial charge >= 0.3 is 0 Å². The zero-order valence-electron chi connectivity index (χ0n) is 11.3. The second kappa shape index (κ2) is 7.78. The minimum atomic E-state index is -0.333. The zero-order chi connectivity index (χ0) is 15.1. The van der Waals surface area contributed by atoms with E-state index in [0.717, 1.165) is 10.2 Å². The average molecular weight is 352 g/mol. The van der Waals surface area contributed by atoms with Crippen molar-refractivity contribution >= 4 is 27.5 Å². The lowest BCUT2D eigenvalue weighted by molar-refractivity contribution is -0.116. The first-order valence-corrected chi connectivity index (χ1v) is 7.36. The first kappa shape index (κ1) is 15.5. The molecule has 0 aliphatic rings. The minimum Gasteiger partial charge on any atom is -0.493 e. The molecule has 0 aromatic heterocycles. The summed E-state index contributed by atoms with van der Waals surface area (Å²) in [5, 5.41) is 2.81. The average Bonchev–Trinajstić information content (AvgIpc) is 2.44. The third kappa shape index (κ3) is 5.55. The quantitative estimate of drug-likeness (QED) is 0.784. The minimum absolute atomic E-state index is 0.0732. The van der Waals surface area contributed by atoms with Crippen molar-refractivity contribution in [2.45, 2.75) is 12.8 Å². The van der Waals surface area contributed by atoms with Gasteiger partial charge in [-0.3, -0.25) is 4.79 Å². The third-order valence-electron chi connectivity index (χ3n) is 2.72. The first-order valence-electron chi connectivity index (χ1n) is 6.57. The Morgan fingerprint density at radius 2 is 2.00 bits per heavy atom. The summed E-state index contributed by atoms with van der Waals surface area (Å²) in [6, 6.07) is 13.4. The van der Waals surface area contributed by atoms with Crippen LogP contribution in [-0.2, 0) is 4.79 Å². The van der Waals surface area contributed by atoms with Crippen molar-refractivity contribution in [3.63, 3.8) is 0 Å². The molecule has 2 aromatic rings. The van der Waals surface area contributed by atoms with E-state index < -0.39 is 0 Å². The monoisotopic (exact) mass is 351 g/mol. The van der Waals surface area contributed by atoms with Gasteiger partial charge < -0.3 is 10.1 Å². The summed E-state index contributed by atoms with van der Waals surface area (Å²) >= 11 is 3.35. The Bertz CT molecular complexity index is 619. The summed E-state index contributed by atoms with van der Waals surface area (Å²) < 4.78 is 19.2. The molecule has 2 aromatic carbocycles. The Morgan fingerprint density at radius 1 is 1.19 bits per heavy atom. The van der Waals surface area contributed by atoms with E-state index in [4.69, 9.17) is 4.74 Å². The normalized spacial score (nSPS) is 10.2. The molecule has 0 fully saturated rings. The van der Waals surface area contributed by atoms with Crippen molar-refractivity contribution < 1.29 is 13.9 Å². The maximum absolute atomic E-state index is 12.9. The van der Waals surface area contributed by atoms with Crippen LogP contribution >= 0.6 is 15.9 Å². The fraction of sp³-hybridized carbons (Fsp3) is 0.188. The Labute approximate surface area is 131 Å². The Kier molecular flexibility index (Phi) is 5.75. The van der Waals surface area contributed by atoms with E-state index in [-0.39, 0.29) is 11.7 Å². The number of carbonyl (C=O) groups excluding carboxylic acids is 1. The van der Waals surface area contributed by atoms with Crippen LogP contribution in [-0.4, -0.2) is 12.5 Å². The lowest BCUT2D eigenvalue weighted by Gasteiger charge is -2.07. The fourth-order valence-electron chi connectivity index (χ4n) is 1.77. The van der Waals surface area contributed by atoms with Gasteiger partial charge in [0.15, 0.2) is 0 Å². The molecule has 0 bridgehead atoms. The first-order chi connectivity index (χ1) is 10.1. The van der Waals surface area contributed by atoms with Crippen LogP contribution in [0.2, 0.25) is 0 Å². The number of ether oxygens (including phenoxy) is 1. The highest BCUT2D eigenvalue weighted by Gasteiger charge is 2.03. The van der Waals surface area contributed by atoms with Gasteiger partial charge in [0, 0.05) is 22.6 Å². The number of anilines is 1. The number of benzene rings is 2. The van der Waals surface area contributed by atoms with Gasteiger partial charge in [0.1, 0.15) is 11.6 Å². The molecule has 0 aliphatic carbocycles. The van der Waals surface area contributed by atoms with E-state index in [9.17, 15) is 9.18 Å². The molecule has 1 N–H and O–H groups in total. The van der Waals surface area contributed by atoms with Crippen molar-refractivity contribution in [3.8, 4) is 5.75 Å². The highest BCUT2D eigenvalue weighted by Crippen LogP contribution is 2.16. The van der Waals surface area contributed by atoms with Gasteiger partial charge in [-0.15, -0.1) is 0 Å². The highest BCUT2D eigenvalue weighted by atomic mass is 79.9. The van der Waals surface area contributed by atoms with Gasteiger partial charge in [0.2, 0.25) is 5.91 Å². The smallest absolute Gasteiger partial charge is 0.224 e. The molecule has 0 saturated heterocycles. The standard InChI is InChI=1S/C16H15BrFNO2/c17-12-4-1-6-14(10-12)19-16(20)8-3-9-21-15-7-2-5-13(18)11-15/h1-2,4-7,10-11H,3,8-9H2,(H,19,20). The van der Waals surface area contributed by atoms with Gasteiger partial charge in [-0.25, -0.2) is 4.39 Å². The SMILES string of the molecule is O=C(CCCOc1cccc(F)c1)Nc1cccc(Br)c1. The highest BCUT2D eigenvalue weighted by molar-refractivity contribution is 9.10. The molecule has 0 unspecified atom stereocenters. The van der Waals surface area contributed by atoms with E-state index in [1.807, 2.05) is 24.3 Å². The summed E-state index contributed by atoms with van der Waals surface area (Å²) in [7, 11) is 0. The number of carbonyl (C=O) groups is 1. The molecule has 0 spiro atoms. The second-order valence-corrected chi connectivity index (χ2v) is 5.38. The molecule has 5 heteroatoms. The number of nitrogens with one attached hydrogen (secondary N) is 1. The van der Waals surface area contributed by atoms with E-state index in [2.05, 4.69) is 21.2 Å². The topological polar surface area (TPSA) is 38.3 Å². The molecule has 0 radical (unpaired) electrons. The molecular formula is C16H15BrFNO2. The maximum atomic E-state index is 12.9. The lowest BCUT2D eigenvalue weighted by atomic mass is 10.2. The molecular weight excluding hydrogens is 337 g/mol. The van der Waals surface area contributed by atoms with Crippen LogP contribution in [0.4, 0.5) is 10.1 Å². The Balaban J connectivity index is 1.70. The van der Waals surface area contributed by atoms with Gasteiger partial charge in [0.05, 0.1) is 6.61 Å². The van der Waals surface area contributed by atoms with Crippen LogP contribution in [0, 0.1) is 5.82 Å². The summed E-state index contributed by atoms with van der Waals surface area (Å²) in [6.07, 6.45) is 0.915. The Hall–Kier alpha value is -1.88. The molecule has 0 heterocycles. The third-order valence-corrected chi connectivity index (χ3v) is 3.21. The van der Waals surface area contributed by atoms with E-state index in [1.54, 1.807) is 12.1 Å². The van der Waals surface area contributed by atoms with Gasteiger partial charge in [0.25, 0.3) is 0 Å². The van der Waals surface area contributed by atoms with Crippen molar-refractivity contribution in [3.05, 3.63) is 58.8 Å².